The maximum atomic E-state index is 12.5. The van der Waals surface area contributed by atoms with Crippen LogP contribution < -0.4 is 0 Å². The number of carbonyl (C=O) groups is 1. The molecule has 0 aliphatic carbocycles. The first-order valence-corrected chi connectivity index (χ1v) is 6.90. The summed E-state index contributed by atoms with van der Waals surface area (Å²) < 4.78 is 43.2. The molecule has 0 aromatic carbocycles. The minimum atomic E-state index is -4.43. The first-order valence-electron chi connectivity index (χ1n) is 6.11. The monoisotopic (exact) mass is 356 g/mol. The van der Waals surface area contributed by atoms with Gasteiger partial charge in [-0.05, 0) is 35.3 Å². The van der Waals surface area contributed by atoms with Crippen LogP contribution in [0.2, 0.25) is 0 Å². The minimum Gasteiger partial charge on any atom is -0.382 e. The van der Waals surface area contributed by atoms with Crippen molar-refractivity contribution in [3.05, 3.63) is 22.4 Å². The van der Waals surface area contributed by atoms with Gasteiger partial charge in [-0.25, -0.2) is 0 Å². The lowest BCUT2D eigenvalue weighted by Gasteiger charge is -2.23. The Balaban J connectivity index is 2.68. The molecular formula is C12H16BrF3N2O2. The fraction of sp³-hybridized carbons (Fsp3) is 0.583. The quantitative estimate of drug-likeness (QED) is 0.762. The van der Waals surface area contributed by atoms with E-state index in [0.29, 0.717) is 24.1 Å². The van der Waals surface area contributed by atoms with Crippen LogP contribution in [0.25, 0.3) is 0 Å². The third-order valence-electron chi connectivity index (χ3n) is 2.46. The largest absolute Gasteiger partial charge is 0.406 e. The third kappa shape index (κ3) is 5.96. The van der Waals surface area contributed by atoms with Crippen molar-refractivity contribution < 1.29 is 22.7 Å². The summed E-state index contributed by atoms with van der Waals surface area (Å²) in [5, 5.41) is 0. The summed E-state index contributed by atoms with van der Waals surface area (Å²) in [6.07, 6.45) is -2.57. The number of amides is 1. The van der Waals surface area contributed by atoms with E-state index in [1.165, 1.54) is 12.3 Å². The Morgan fingerprint density at radius 2 is 2.20 bits per heavy atom. The molecule has 0 radical (unpaired) electrons. The summed E-state index contributed by atoms with van der Waals surface area (Å²) in [4.78, 5) is 15.4. The van der Waals surface area contributed by atoms with Crippen molar-refractivity contribution in [3.8, 4) is 0 Å². The third-order valence-corrected chi connectivity index (χ3v) is 2.91. The van der Waals surface area contributed by atoms with Crippen LogP contribution in [0.3, 0.4) is 0 Å². The van der Waals surface area contributed by atoms with E-state index in [1.807, 2.05) is 0 Å². The standard InChI is InChI=1S/C12H16BrF3N2O2/c1-2-20-5-3-4-18(8-12(14,15)16)11(19)10-6-9(13)7-17-10/h6-7,17H,2-5,8H2,1H3. The van der Waals surface area contributed by atoms with Crippen LogP contribution in [0.1, 0.15) is 23.8 Å². The molecule has 4 nitrogen and oxygen atoms in total. The lowest BCUT2D eigenvalue weighted by atomic mass is 10.3. The van der Waals surface area contributed by atoms with Crippen molar-refractivity contribution in [2.24, 2.45) is 0 Å². The van der Waals surface area contributed by atoms with Crippen LogP contribution in [0.5, 0.6) is 0 Å². The van der Waals surface area contributed by atoms with Gasteiger partial charge >= 0.3 is 6.18 Å². The molecule has 8 heteroatoms. The Bertz CT molecular complexity index is 435. The summed E-state index contributed by atoms with van der Waals surface area (Å²) >= 11 is 3.14. The molecule has 0 saturated carbocycles. The second-order valence-electron chi connectivity index (χ2n) is 4.12. The number of H-pyrrole nitrogens is 1. The van der Waals surface area contributed by atoms with E-state index in [-0.39, 0.29) is 12.2 Å². The number of hydrogen-bond acceptors (Lipinski definition) is 2. The van der Waals surface area contributed by atoms with Crippen molar-refractivity contribution in [1.29, 1.82) is 0 Å². The average Bonchev–Trinajstić information content (AvgIpc) is 2.77. The van der Waals surface area contributed by atoms with E-state index < -0.39 is 18.6 Å². The van der Waals surface area contributed by atoms with Crippen LogP contribution >= 0.6 is 15.9 Å². The van der Waals surface area contributed by atoms with Crippen LogP contribution in [-0.2, 0) is 4.74 Å². The molecule has 0 atom stereocenters. The Kier molecular flexibility index (Phi) is 6.54. The zero-order chi connectivity index (χ0) is 15.2. The molecule has 1 amide bonds. The van der Waals surface area contributed by atoms with Crippen molar-refractivity contribution in [3.63, 3.8) is 0 Å². The first kappa shape index (κ1) is 17.0. The first-order chi connectivity index (χ1) is 9.33. The maximum absolute atomic E-state index is 12.5. The number of aromatic nitrogens is 1. The molecule has 114 valence electrons. The van der Waals surface area contributed by atoms with Gasteiger partial charge in [0.15, 0.2) is 0 Å². The molecule has 0 bridgehead atoms. The van der Waals surface area contributed by atoms with Gasteiger partial charge in [-0.15, -0.1) is 0 Å². The van der Waals surface area contributed by atoms with Crippen LogP contribution in [0.4, 0.5) is 13.2 Å². The Morgan fingerprint density at radius 3 is 2.70 bits per heavy atom. The Hall–Kier alpha value is -1.02. The Morgan fingerprint density at radius 1 is 1.50 bits per heavy atom. The van der Waals surface area contributed by atoms with E-state index in [2.05, 4.69) is 20.9 Å². The topological polar surface area (TPSA) is 45.3 Å². The second-order valence-corrected chi connectivity index (χ2v) is 5.04. The van der Waals surface area contributed by atoms with Gasteiger partial charge in [0.25, 0.3) is 5.91 Å². The normalized spacial score (nSPS) is 11.7. The summed E-state index contributed by atoms with van der Waals surface area (Å²) in [5.41, 5.74) is 0.123. The van der Waals surface area contributed by atoms with Gasteiger partial charge in [-0.3, -0.25) is 4.79 Å². The summed E-state index contributed by atoms with van der Waals surface area (Å²) in [6.45, 7) is 1.35. The van der Waals surface area contributed by atoms with Gasteiger partial charge in [-0.2, -0.15) is 13.2 Å². The molecule has 0 aliphatic heterocycles. The number of aromatic amines is 1. The van der Waals surface area contributed by atoms with Gasteiger partial charge in [0.1, 0.15) is 12.2 Å². The van der Waals surface area contributed by atoms with Crippen molar-refractivity contribution in [1.82, 2.24) is 9.88 Å². The number of rotatable bonds is 7. The lowest BCUT2D eigenvalue weighted by molar-refractivity contribution is -0.141. The van der Waals surface area contributed by atoms with Gasteiger partial charge in [-0.1, -0.05) is 0 Å². The van der Waals surface area contributed by atoms with E-state index >= 15 is 0 Å². The number of hydrogen-bond donors (Lipinski definition) is 1. The summed E-state index contributed by atoms with van der Waals surface area (Å²) in [5.74, 6) is -0.676. The van der Waals surface area contributed by atoms with Gasteiger partial charge in [0.05, 0.1) is 0 Å². The molecule has 0 fully saturated rings. The molecule has 1 aromatic heterocycles. The summed E-state index contributed by atoms with van der Waals surface area (Å²) in [7, 11) is 0. The van der Waals surface area contributed by atoms with E-state index in [9.17, 15) is 18.0 Å². The number of alkyl halides is 3. The molecule has 1 heterocycles. The fourth-order valence-corrected chi connectivity index (χ4v) is 1.98. The van der Waals surface area contributed by atoms with Crippen molar-refractivity contribution in [2.45, 2.75) is 19.5 Å². The van der Waals surface area contributed by atoms with Gasteiger partial charge < -0.3 is 14.6 Å². The molecule has 0 unspecified atom stereocenters. The van der Waals surface area contributed by atoms with Crippen molar-refractivity contribution in [2.75, 3.05) is 26.3 Å². The van der Waals surface area contributed by atoms with E-state index in [0.717, 1.165) is 4.90 Å². The maximum Gasteiger partial charge on any atom is 0.406 e. The molecule has 1 aromatic rings. The average molecular weight is 357 g/mol. The number of nitrogens with one attached hydrogen (secondary N) is 1. The van der Waals surface area contributed by atoms with Crippen LogP contribution in [0, 0.1) is 0 Å². The SMILES string of the molecule is CCOCCCN(CC(F)(F)F)C(=O)c1cc(Br)c[nH]1. The summed E-state index contributed by atoms with van der Waals surface area (Å²) in [6, 6.07) is 1.45. The van der Waals surface area contributed by atoms with Gasteiger partial charge in [0, 0.05) is 30.4 Å². The van der Waals surface area contributed by atoms with E-state index in [1.54, 1.807) is 6.92 Å². The number of halogens is 4. The second kappa shape index (κ2) is 7.68. The van der Waals surface area contributed by atoms with Crippen LogP contribution in [-0.4, -0.2) is 48.3 Å². The smallest absolute Gasteiger partial charge is 0.382 e. The minimum absolute atomic E-state index is 0.00498. The lowest BCUT2D eigenvalue weighted by Crippen LogP contribution is -2.40. The molecule has 0 saturated heterocycles. The molecule has 0 spiro atoms. The number of nitrogens with zero attached hydrogens (tertiary/aromatic N) is 1. The molecular weight excluding hydrogens is 341 g/mol. The van der Waals surface area contributed by atoms with Crippen LogP contribution in [0.15, 0.2) is 16.7 Å². The molecule has 1 rings (SSSR count). The predicted molar refractivity (Wildman–Crippen MR) is 71.6 cm³/mol. The van der Waals surface area contributed by atoms with E-state index in [4.69, 9.17) is 4.74 Å². The molecule has 20 heavy (non-hydrogen) atoms. The zero-order valence-corrected chi connectivity index (χ0v) is 12.6. The number of carbonyl (C=O) groups excluding carboxylic acids is 1. The van der Waals surface area contributed by atoms with Gasteiger partial charge in [0.2, 0.25) is 0 Å². The highest BCUT2D eigenvalue weighted by Gasteiger charge is 2.33. The predicted octanol–water partition coefficient (Wildman–Crippen LogP) is 3.21. The zero-order valence-electron chi connectivity index (χ0n) is 11.0. The highest BCUT2D eigenvalue weighted by molar-refractivity contribution is 9.10. The molecule has 1 N–H and O–H groups in total. The van der Waals surface area contributed by atoms with Crippen molar-refractivity contribution >= 4 is 21.8 Å². The highest BCUT2D eigenvalue weighted by Crippen LogP contribution is 2.19. The number of ether oxygens (including phenoxy) is 1. The fourth-order valence-electron chi connectivity index (χ4n) is 1.63. The Labute approximate surface area is 123 Å². The highest BCUT2D eigenvalue weighted by atomic mass is 79.9. The molecule has 0 aliphatic rings.